The molecule has 0 saturated carbocycles. The highest BCUT2D eigenvalue weighted by molar-refractivity contribution is 6.36. The number of ether oxygens (including phenoxy) is 1. The van der Waals surface area contributed by atoms with Crippen LogP contribution >= 0.6 is 23.2 Å². The van der Waals surface area contributed by atoms with E-state index in [0.29, 0.717) is 15.7 Å². The van der Waals surface area contributed by atoms with Gasteiger partial charge >= 0.3 is 0 Å². The summed E-state index contributed by atoms with van der Waals surface area (Å²) < 4.78 is 5.21. The second-order valence-electron chi connectivity index (χ2n) is 4.22. The first-order valence-corrected chi connectivity index (χ1v) is 6.83. The number of hydrogen-bond acceptors (Lipinski definition) is 4. The molecular weight excluding hydrogens is 331 g/mol. The fourth-order valence-electron chi connectivity index (χ4n) is 1.61. The Bertz CT molecular complexity index is 722. The molecule has 1 amide bonds. The number of rotatable bonds is 5. The van der Waals surface area contributed by atoms with Gasteiger partial charge in [0.05, 0.1) is 21.7 Å². The van der Waals surface area contributed by atoms with Crippen molar-refractivity contribution in [3.63, 3.8) is 0 Å². The molecule has 0 saturated heterocycles. The molecule has 1 N–H and O–H groups in total. The van der Waals surface area contributed by atoms with E-state index >= 15 is 0 Å². The van der Waals surface area contributed by atoms with Gasteiger partial charge in [-0.1, -0.05) is 29.3 Å². The highest BCUT2D eigenvalue weighted by Crippen LogP contribution is 2.25. The molecule has 6 nitrogen and oxygen atoms in total. The Hall–Kier alpha value is -2.31. The standard InChI is InChI=1S/C14H10Cl2N2O4/c15-9-4-5-13(12(16)6-9)17-14(19)8-22-11-3-1-2-10(7-11)18(20)21/h1-7H,8H2,(H,17,19). The zero-order chi connectivity index (χ0) is 16.1. The van der Waals surface area contributed by atoms with Crippen molar-refractivity contribution in [2.24, 2.45) is 0 Å². The zero-order valence-electron chi connectivity index (χ0n) is 11.1. The number of nitro groups is 1. The van der Waals surface area contributed by atoms with Crippen LogP contribution in [0.3, 0.4) is 0 Å². The normalized spacial score (nSPS) is 10.1. The molecule has 0 heterocycles. The topological polar surface area (TPSA) is 81.5 Å². The quantitative estimate of drug-likeness (QED) is 0.660. The first-order chi connectivity index (χ1) is 10.5. The van der Waals surface area contributed by atoms with E-state index in [2.05, 4.69) is 5.32 Å². The number of benzene rings is 2. The molecule has 0 aliphatic heterocycles. The SMILES string of the molecule is O=C(COc1cccc([N+](=O)[O-])c1)Nc1ccc(Cl)cc1Cl. The van der Waals surface area contributed by atoms with Crippen molar-refractivity contribution in [3.05, 3.63) is 62.6 Å². The molecular formula is C14H10Cl2N2O4. The first kappa shape index (κ1) is 16.1. The minimum Gasteiger partial charge on any atom is -0.484 e. The van der Waals surface area contributed by atoms with Gasteiger partial charge in [-0.3, -0.25) is 14.9 Å². The molecule has 2 aromatic carbocycles. The summed E-state index contributed by atoms with van der Waals surface area (Å²) in [6.07, 6.45) is 0. The van der Waals surface area contributed by atoms with E-state index in [1.165, 1.54) is 30.3 Å². The van der Waals surface area contributed by atoms with Crippen molar-refractivity contribution in [3.8, 4) is 5.75 Å². The molecule has 0 aromatic heterocycles. The molecule has 0 bridgehead atoms. The summed E-state index contributed by atoms with van der Waals surface area (Å²) in [5.41, 5.74) is 0.289. The number of carbonyl (C=O) groups is 1. The lowest BCUT2D eigenvalue weighted by molar-refractivity contribution is -0.384. The Kier molecular flexibility index (Phi) is 5.19. The minimum atomic E-state index is -0.541. The molecule has 0 spiro atoms. The number of halogens is 2. The van der Waals surface area contributed by atoms with Gasteiger partial charge < -0.3 is 10.1 Å². The lowest BCUT2D eigenvalue weighted by atomic mass is 10.3. The molecule has 0 aliphatic rings. The van der Waals surface area contributed by atoms with Gasteiger partial charge in [-0.15, -0.1) is 0 Å². The maximum Gasteiger partial charge on any atom is 0.273 e. The molecule has 22 heavy (non-hydrogen) atoms. The molecule has 0 fully saturated rings. The smallest absolute Gasteiger partial charge is 0.273 e. The number of non-ortho nitro benzene ring substituents is 1. The van der Waals surface area contributed by atoms with Crippen LogP contribution in [0.1, 0.15) is 0 Å². The third kappa shape index (κ3) is 4.34. The van der Waals surface area contributed by atoms with E-state index in [1.807, 2.05) is 0 Å². The number of nitrogens with zero attached hydrogens (tertiary/aromatic N) is 1. The number of nitro benzene ring substituents is 1. The first-order valence-electron chi connectivity index (χ1n) is 6.08. The van der Waals surface area contributed by atoms with Gasteiger partial charge in [-0.2, -0.15) is 0 Å². The predicted octanol–water partition coefficient (Wildman–Crippen LogP) is 3.92. The van der Waals surface area contributed by atoms with Gasteiger partial charge in [0.15, 0.2) is 6.61 Å². The van der Waals surface area contributed by atoms with Crippen LogP contribution in [-0.2, 0) is 4.79 Å². The largest absolute Gasteiger partial charge is 0.484 e. The van der Waals surface area contributed by atoms with E-state index in [4.69, 9.17) is 27.9 Å². The maximum absolute atomic E-state index is 11.8. The van der Waals surface area contributed by atoms with Gasteiger partial charge in [0.2, 0.25) is 0 Å². The van der Waals surface area contributed by atoms with Gasteiger partial charge in [0.25, 0.3) is 11.6 Å². The van der Waals surface area contributed by atoms with E-state index in [1.54, 1.807) is 12.1 Å². The Balaban J connectivity index is 1.95. The Labute approximate surface area is 135 Å². The minimum absolute atomic E-state index is 0.112. The van der Waals surface area contributed by atoms with E-state index in [-0.39, 0.29) is 18.0 Å². The van der Waals surface area contributed by atoms with Crippen LogP contribution in [0.5, 0.6) is 5.75 Å². The summed E-state index contributed by atoms with van der Waals surface area (Å²) >= 11 is 11.7. The van der Waals surface area contributed by atoms with Gasteiger partial charge in [-0.05, 0) is 24.3 Å². The fraction of sp³-hybridized carbons (Fsp3) is 0.0714. The summed E-state index contributed by atoms with van der Waals surface area (Å²) in [6.45, 7) is -0.305. The van der Waals surface area contributed by atoms with Crippen molar-refractivity contribution in [1.82, 2.24) is 0 Å². The second kappa shape index (κ2) is 7.11. The zero-order valence-corrected chi connectivity index (χ0v) is 12.6. The van der Waals surface area contributed by atoms with Crippen molar-refractivity contribution in [2.45, 2.75) is 0 Å². The van der Waals surface area contributed by atoms with Crippen LogP contribution in [0.4, 0.5) is 11.4 Å². The Morgan fingerprint density at radius 2 is 2.00 bits per heavy atom. The third-order valence-corrected chi connectivity index (χ3v) is 3.15. The van der Waals surface area contributed by atoms with Crippen LogP contribution in [0.2, 0.25) is 10.0 Å². The summed E-state index contributed by atoms with van der Waals surface area (Å²) in [5.74, 6) is -0.220. The van der Waals surface area contributed by atoms with Crippen LogP contribution in [0.15, 0.2) is 42.5 Å². The summed E-state index contributed by atoms with van der Waals surface area (Å²) in [6, 6.07) is 10.2. The number of hydrogen-bond donors (Lipinski definition) is 1. The van der Waals surface area contributed by atoms with Gasteiger partial charge in [-0.25, -0.2) is 0 Å². The van der Waals surface area contributed by atoms with Crippen molar-refractivity contribution in [2.75, 3.05) is 11.9 Å². The lowest BCUT2D eigenvalue weighted by Crippen LogP contribution is -2.20. The molecule has 0 atom stereocenters. The average molecular weight is 341 g/mol. The Morgan fingerprint density at radius 1 is 1.23 bits per heavy atom. The summed E-state index contributed by atoms with van der Waals surface area (Å²) in [5, 5.41) is 14.0. The third-order valence-electron chi connectivity index (χ3n) is 2.60. The molecule has 0 unspecified atom stereocenters. The number of anilines is 1. The molecule has 8 heteroatoms. The van der Waals surface area contributed by atoms with Crippen molar-refractivity contribution >= 4 is 40.5 Å². The summed E-state index contributed by atoms with van der Waals surface area (Å²) in [7, 11) is 0. The Morgan fingerprint density at radius 3 is 2.68 bits per heavy atom. The van der Waals surface area contributed by atoms with Crippen LogP contribution < -0.4 is 10.1 Å². The number of nitrogens with one attached hydrogen (secondary N) is 1. The number of amides is 1. The number of carbonyl (C=O) groups excluding carboxylic acids is 1. The lowest BCUT2D eigenvalue weighted by Gasteiger charge is -2.09. The highest BCUT2D eigenvalue weighted by Gasteiger charge is 2.10. The average Bonchev–Trinajstić information content (AvgIpc) is 2.48. The van der Waals surface area contributed by atoms with E-state index in [9.17, 15) is 14.9 Å². The van der Waals surface area contributed by atoms with E-state index in [0.717, 1.165) is 0 Å². The van der Waals surface area contributed by atoms with Crippen LogP contribution in [0.25, 0.3) is 0 Å². The van der Waals surface area contributed by atoms with E-state index < -0.39 is 10.8 Å². The maximum atomic E-state index is 11.8. The van der Waals surface area contributed by atoms with Gasteiger partial charge in [0.1, 0.15) is 5.75 Å². The molecule has 2 aromatic rings. The van der Waals surface area contributed by atoms with Crippen LogP contribution in [-0.4, -0.2) is 17.4 Å². The fourth-order valence-corrected chi connectivity index (χ4v) is 2.07. The van der Waals surface area contributed by atoms with Crippen molar-refractivity contribution in [1.29, 1.82) is 0 Å². The molecule has 2 rings (SSSR count). The molecule has 0 aliphatic carbocycles. The molecule has 0 radical (unpaired) electrons. The second-order valence-corrected chi connectivity index (χ2v) is 5.06. The summed E-state index contributed by atoms with van der Waals surface area (Å²) in [4.78, 5) is 21.9. The highest BCUT2D eigenvalue weighted by atomic mass is 35.5. The monoisotopic (exact) mass is 340 g/mol. The predicted molar refractivity (Wildman–Crippen MR) is 83.7 cm³/mol. The van der Waals surface area contributed by atoms with Gasteiger partial charge in [0, 0.05) is 11.1 Å². The van der Waals surface area contributed by atoms with Crippen LogP contribution in [0, 0.1) is 10.1 Å². The molecule has 114 valence electrons. The van der Waals surface area contributed by atoms with Crippen molar-refractivity contribution < 1.29 is 14.5 Å².